The predicted octanol–water partition coefficient (Wildman–Crippen LogP) is 1.33. The third-order valence-corrected chi connectivity index (χ3v) is 8.78. The van der Waals surface area contributed by atoms with Crippen LogP contribution in [0, 0.1) is 5.92 Å². The molecule has 0 spiro atoms. The summed E-state index contributed by atoms with van der Waals surface area (Å²) in [7, 11) is 0. The van der Waals surface area contributed by atoms with Gasteiger partial charge in [0.25, 0.3) is 17.7 Å². The van der Waals surface area contributed by atoms with Gasteiger partial charge in [0.15, 0.2) is 0 Å². The molecule has 244 valence electrons. The molecule has 5 rings (SSSR count). The van der Waals surface area contributed by atoms with E-state index in [4.69, 9.17) is 5.73 Å². The summed E-state index contributed by atoms with van der Waals surface area (Å²) >= 11 is 0. The van der Waals surface area contributed by atoms with Crippen LogP contribution in [0.25, 0.3) is 10.9 Å². The molecule has 0 radical (unpaired) electrons. The maximum atomic E-state index is 14.4. The van der Waals surface area contributed by atoms with E-state index in [-0.39, 0.29) is 36.6 Å². The molecule has 2 fully saturated rings. The van der Waals surface area contributed by atoms with Crippen LogP contribution in [0.3, 0.4) is 0 Å². The van der Waals surface area contributed by atoms with Crippen molar-refractivity contribution in [2.45, 2.75) is 89.4 Å². The lowest BCUT2D eigenvalue weighted by atomic mass is 9.85. The van der Waals surface area contributed by atoms with Crippen LogP contribution in [-0.4, -0.2) is 88.9 Å². The Morgan fingerprint density at radius 3 is 2.59 bits per heavy atom. The zero-order chi connectivity index (χ0) is 33.2. The highest BCUT2D eigenvalue weighted by atomic mass is 16.3. The summed E-state index contributed by atoms with van der Waals surface area (Å²) in [5.41, 5.74) is 4.97. The summed E-state index contributed by atoms with van der Waals surface area (Å²) in [5, 5.41) is 28.9. The number of hydrogen-bond donors (Lipinski definition) is 4. The van der Waals surface area contributed by atoms with Gasteiger partial charge in [0.2, 0.25) is 11.7 Å². The van der Waals surface area contributed by atoms with E-state index >= 15 is 0 Å². The van der Waals surface area contributed by atoms with Crippen molar-refractivity contribution in [1.29, 1.82) is 0 Å². The van der Waals surface area contributed by atoms with Crippen LogP contribution < -0.4 is 11.1 Å². The van der Waals surface area contributed by atoms with Crippen LogP contribution in [0.4, 0.5) is 0 Å². The number of carbonyl (C=O) groups excluding carboxylic acids is 5. The van der Waals surface area contributed by atoms with Crippen LogP contribution in [0.15, 0.2) is 35.6 Å². The van der Waals surface area contributed by atoms with Crippen molar-refractivity contribution in [3.05, 3.63) is 41.9 Å². The van der Waals surface area contributed by atoms with Gasteiger partial charge in [-0.3, -0.25) is 29.1 Å². The minimum atomic E-state index is -1.32. The Morgan fingerprint density at radius 2 is 1.89 bits per heavy atom. The number of aliphatic imine (C=N–C) groups is 1. The van der Waals surface area contributed by atoms with Crippen molar-refractivity contribution < 1.29 is 29.1 Å². The maximum Gasteiger partial charge on any atom is 0.287 e. The topological polar surface area (TPSA) is 219 Å². The summed E-state index contributed by atoms with van der Waals surface area (Å²) in [6, 6.07) is 2.18. The van der Waals surface area contributed by atoms with Crippen LogP contribution in [0.5, 0.6) is 0 Å². The van der Waals surface area contributed by atoms with Gasteiger partial charge in [-0.15, -0.1) is 5.10 Å². The van der Waals surface area contributed by atoms with Gasteiger partial charge in [-0.05, 0) is 39.2 Å². The first-order chi connectivity index (χ1) is 21.8. The Kier molecular flexibility index (Phi) is 9.42. The van der Waals surface area contributed by atoms with Crippen LogP contribution in [0.2, 0.25) is 0 Å². The normalized spacial score (nSPS) is 20.1. The number of Topliss-reactive ketones (excluding diaryl/α,β-unsaturated/α-hetero) is 1. The molecule has 2 aliphatic rings. The molecule has 15 heteroatoms. The number of benzene rings is 1. The van der Waals surface area contributed by atoms with Gasteiger partial charge in [0.1, 0.15) is 17.4 Å². The Bertz CT molecular complexity index is 1680. The molecular formula is C31H39N9O6. The zero-order valence-corrected chi connectivity index (χ0v) is 26.1. The Morgan fingerprint density at radius 1 is 1.15 bits per heavy atom. The number of amides is 4. The molecule has 1 aromatic carbocycles. The van der Waals surface area contributed by atoms with Gasteiger partial charge < -0.3 is 21.1 Å². The molecule has 3 aromatic rings. The molecule has 1 aliphatic carbocycles. The molecule has 1 aliphatic heterocycles. The first kappa shape index (κ1) is 32.6. The van der Waals surface area contributed by atoms with Gasteiger partial charge >= 0.3 is 0 Å². The lowest BCUT2D eigenvalue weighted by molar-refractivity contribution is -0.139. The van der Waals surface area contributed by atoms with Crippen molar-refractivity contribution in [2.24, 2.45) is 16.6 Å². The molecule has 0 bridgehead atoms. The number of primary amides is 1. The average molecular weight is 634 g/mol. The monoisotopic (exact) mass is 633 g/mol. The van der Waals surface area contributed by atoms with E-state index in [1.165, 1.54) is 22.7 Å². The number of carbonyl (C=O) groups is 5. The van der Waals surface area contributed by atoms with Crippen molar-refractivity contribution in [3.8, 4) is 0 Å². The largest absolute Gasteiger partial charge is 0.384 e. The first-order valence-corrected chi connectivity index (χ1v) is 15.5. The summed E-state index contributed by atoms with van der Waals surface area (Å²) < 4.78 is 1.48. The lowest BCUT2D eigenvalue weighted by Crippen LogP contribution is -2.52. The minimum absolute atomic E-state index is 0.0183. The number of hydrogen-bond acceptors (Lipinski definition) is 9. The highest BCUT2D eigenvalue weighted by Gasteiger charge is 2.44. The quantitative estimate of drug-likeness (QED) is 0.187. The molecule has 1 saturated carbocycles. The van der Waals surface area contributed by atoms with Gasteiger partial charge in [0, 0.05) is 18.4 Å². The highest BCUT2D eigenvalue weighted by molar-refractivity contribution is 6.41. The number of H-pyrrole nitrogens is 1. The van der Waals surface area contributed by atoms with E-state index < -0.39 is 53.1 Å². The third-order valence-electron chi connectivity index (χ3n) is 8.78. The molecule has 1 saturated heterocycles. The van der Waals surface area contributed by atoms with Crippen LogP contribution in [-0.2, 0) is 24.8 Å². The molecule has 4 amide bonds. The van der Waals surface area contributed by atoms with Crippen LogP contribution >= 0.6 is 0 Å². The summed E-state index contributed by atoms with van der Waals surface area (Å²) in [4.78, 5) is 71.1. The summed E-state index contributed by atoms with van der Waals surface area (Å²) in [6.45, 7) is 4.46. The highest BCUT2D eigenvalue weighted by Crippen LogP contribution is 2.33. The molecule has 1 unspecified atom stereocenters. The third kappa shape index (κ3) is 6.88. The van der Waals surface area contributed by atoms with Gasteiger partial charge in [-0.25, -0.2) is 9.67 Å². The molecule has 46 heavy (non-hydrogen) atoms. The van der Waals surface area contributed by atoms with Crippen molar-refractivity contribution in [1.82, 2.24) is 35.4 Å². The second kappa shape index (κ2) is 13.3. The van der Waals surface area contributed by atoms with Gasteiger partial charge in [-0.1, -0.05) is 49.5 Å². The van der Waals surface area contributed by atoms with E-state index in [1.807, 2.05) is 0 Å². The number of nitrogens with zero attached hydrogens (tertiary/aromatic N) is 6. The molecule has 15 nitrogen and oxygen atoms in total. The lowest BCUT2D eigenvalue weighted by Gasteiger charge is -2.27. The summed E-state index contributed by atoms with van der Waals surface area (Å²) in [5.74, 6) is -3.96. The van der Waals surface area contributed by atoms with E-state index in [9.17, 15) is 29.1 Å². The van der Waals surface area contributed by atoms with E-state index in [0.717, 1.165) is 37.5 Å². The molecule has 3 heterocycles. The number of nitrogens with one attached hydrogen (secondary N) is 2. The SMILES string of the molecule is CC(NC(=O)[C@@H]1C[C@H](n2nncc2C(C)(C)O)CN1C(=O)/C(CC1CCCCC1)=N/C(=O)c1cccc2cn[nH]c12)C(=O)C(N)=O. The second-order valence-electron chi connectivity index (χ2n) is 12.7. The number of aromatic amines is 1. The molecule has 5 N–H and O–H groups in total. The minimum Gasteiger partial charge on any atom is -0.384 e. The average Bonchev–Trinajstić information content (AvgIpc) is 3.79. The van der Waals surface area contributed by atoms with Gasteiger partial charge in [-0.2, -0.15) is 5.10 Å². The van der Waals surface area contributed by atoms with Gasteiger partial charge in [0.05, 0.1) is 41.3 Å². The number of ketones is 1. The van der Waals surface area contributed by atoms with Crippen LogP contribution in [0.1, 0.15) is 87.8 Å². The fourth-order valence-corrected chi connectivity index (χ4v) is 6.35. The number of aromatic nitrogens is 5. The number of nitrogens with two attached hydrogens (primary N) is 1. The zero-order valence-electron chi connectivity index (χ0n) is 26.1. The standard InChI is InChI=1S/C31H39N9O6/c1-17(26(41)27(32)42)35-29(44)23-13-20(40-24(15-34-38-40)31(2,3)46)16-39(23)30(45)22(12-18-8-5-4-6-9-18)36-28(43)21-11-7-10-19-14-33-37-25(19)21/h7,10-11,14-15,17-18,20,23,46H,4-6,8-9,12-13,16H2,1-3H3,(H2,32,42)(H,33,37)(H,35,44)/b36-22+/t17?,20-,23-/m0/s1. The number of aliphatic hydroxyl groups is 1. The van der Waals surface area contributed by atoms with Crippen molar-refractivity contribution >= 4 is 46.0 Å². The predicted molar refractivity (Wildman–Crippen MR) is 165 cm³/mol. The fourth-order valence-electron chi connectivity index (χ4n) is 6.35. The number of rotatable bonds is 10. The second-order valence-corrected chi connectivity index (χ2v) is 12.7. The van der Waals surface area contributed by atoms with E-state index in [0.29, 0.717) is 11.2 Å². The smallest absolute Gasteiger partial charge is 0.287 e. The van der Waals surface area contributed by atoms with E-state index in [2.05, 4.69) is 30.8 Å². The maximum absolute atomic E-state index is 14.4. The Labute approximate surface area is 265 Å². The Hall–Kier alpha value is -4.79. The molecule has 3 atom stereocenters. The fraction of sp³-hybridized carbons (Fsp3) is 0.516. The number of fused-ring (bicyclic) bond motifs is 1. The van der Waals surface area contributed by atoms with Crippen molar-refractivity contribution in [2.75, 3.05) is 6.54 Å². The molecular weight excluding hydrogens is 594 g/mol. The first-order valence-electron chi connectivity index (χ1n) is 15.5. The summed E-state index contributed by atoms with van der Waals surface area (Å²) in [6.07, 6.45) is 8.16. The van der Waals surface area contributed by atoms with E-state index in [1.54, 1.807) is 38.2 Å². The number of likely N-dealkylation sites (tertiary alicyclic amines) is 1. The Balaban J connectivity index is 1.51. The van der Waals surface area contributed by atoms with Crippen molar-refractivity contribution in [3.63, 3.8) is 0 Å². The molecule has 2 aromatic heterocycles. The number of para-hydroxylation sites is 1.